The summed E-state index contributed by atoms with van der Waals surface area (Å²) in [4.78, 5) is 25.0. The van der Waals surface area contributed by atoms with Gasteiger partial charge in [-0.25, -0.2) is 22.3 Å². The van der Waals surface area contributed by atoms with Crippen LogP contribution in [0, 0.1) is 26.6 Å². The Bertz CT molecular complexity index is 1470. The fourth-order valence-electron chi connectivity index (χ4n) is 4.38. The lowest BCUT2D eigenvalue weighted by atomic mass is 10.1. The van der Waals surface area contributed by atoms with Crippen molar-refractivity contribution in [3.63, 3.8) is 0 Å². The van der Waals surface area contributed by atoms with Crippen LogP contribution in [-0.2, 0) is 19.4 Å². The molecule has 8 nitrogen and oxygen atoms in total. The lowest BCUT2D eigenvalue weighted by Gasteiger charge is -2.10. The highest BCUT2D eigenvalue weighted by molar-refractivity contribution is 7.91. The second-order valence-electron chi connectivity index (χ2n) is 8.75. The largest absolute Gasteiger partial charge is 0.454 e. The van der Waals surface area contributed by atoms with Gasteiger partial charge < -0.3 is 9.30 Å². The summed E-state index contributed by atoms with van der Waals surface area (Å²) in [5.41, 5.74) is 3.57. The molecule has 0 bridgehead atoms. The Labute approximate surface area is 213 Å². The lowest BCUT2D eigenvalue weighted by molar-refractivity contribution is -0.136. The smallest absolute Gasteiger partial charge is 0.331 e. The molecule has 1 atom stereocenters. The Kier molecular flexibility index (Phi) is 7.19. The third kappa shape index (κ3) is 5.29. The first-order valence-corrected chi connectivity index (χ1v) is 13.4. The van der Waals surface area contributed by atoms with E-state index in [1.54, 1.807) is 32.0 Å². The van der Waals surface area contributed by atoms with Gasteiger partial charge in [0.25, 0.3) is 0 Å². The number of ether oxygens (including phenoxy) is 1. The third-order valence-corrected chi connectivity index (χ3v) is 8.30. The molecule has 0 spiro atoms. The second kappa shape index (κ2) is 10.0. The highest BCUT2D eigenvalue weighted by Crippen LogP contribution is 2.30. The van der Waals surface area contributed by atoms with Crippen molar-refractivity contribution in [2.75, 3.05) is 18.1 Å². The SMILES string of the molecule is Cc1nn([C@H]2CCS(=O)(=O)C2)c(Cl)c1/C=C/C(=O)OCC(=O)c1cc(C)n(-c2ccc(F)cc2)c1C. The van der Waals surface area contributed by atoms with Gasteiger partial charge in [-0.3, -0.25) is 4.79 Å². The summed E-state index contributed by atoms with van der Waals surface area (Å²) in [5.74, 6) is -1.40. The molecule has 0 amide bonds. The van der Waals surface area contributed by atoms with E-state index in [1.165, 1.54) is 22.9 Å². The van der Waals surface area contributed by atoms with Crippen LogP contribution in [0.4, 0.5) is 4.39 Å². The summed E-state index contributed by atoms with van der Waals surface area (Å²) in [6, 6.07) is 7.28. The Morgan fingerprint density at radius 1 is 1.22 bits per heavy atom. The maximum atomic E-state index is 13.3. The van der Waals surface area contributed by atoms with E-state index >= 15 is 0 Å². The molecule has 0 radical (unpaired) electrons. The van der Waals surface area contributed by atoms with Gasteiger partial charge >= 0.3 is 5.97 Å². The van der Waals surface area contributed by atoms with Crippen molar-refractivity contribution in [1.29, 1.82) is 0 Å². The number of aryl methyl sites for hydroxylation is 2. The number of halogens is 2. The number of benzene rings is 1. The molecule has 11 heteroatoms. The molecule has 1 aromatic carbocycles. The molecule has 3 heterocycles. The molecule has 0 N–H and O–H groups in total. The van der Waals surface area contributed by atoms with Crippen LogP contribution in [-0.4, -0.2) is 52.6 Å². The van der Waals surface area contributed by atoms with Crippen molar-refractivity contribution in [2.45, 2.75) is 33.2 Å². The summed E-state index contributed by atoms with van der Waals surface area (Å²) in [5, 5.41) is 4.58. The zero-order valence-electron chi connectivity index (χ0n) is 20.0. The first-order valence-electron chi connectivity index (χ1n) is 11.2. The molecular formula is C25H25ClFN3O5S. The van der Waals surface area contributed by atoms with E-state index in [0.29, 0.717) is 34.6 Å². The van der Waals surface area contributed by atoms with E-state index in [2.05, 4.69) is 5.10 Å². The zero-order valence-corrected chi connectivity index (χ0v) is 21.6. The number of nitrogens with zero attached hydrogens (tertiary/aromatic N) is 3. The van der Waals surface area contributed by atoms with Gasteiger partial charge in [-0.1, -0.05) is 11.6 Å². The zero-order chi connectivity index (χ0) is 26.2. The highest BCUT2D eigenvalue weighted by Gasteiger charge is 2.31. The number of hydrogen-bond donors (Lipinski definition) is 0. The van der Waals surface area contributed by atoms with Crippen LogP contribution in [0.3, 0.4) is 0 Å². The fourth-order valence-corrected chi connectivity index (χ4v) is 6.45. The third-order valence-electron chi connectivity index (χ3n) is 6.17. The summed E-state index contributed by atoms with van der Waals surface area (Å²) in [6.45, 7) is 4.85. The van der Waals surface area contributed by atoms with Gasteiger partial charge in [0.15, 0.2) is 16.4 Å². The molecule has 2 aromatic heterocycles. The van der Waals surface area contributed by atoms with Crippen LogP contribution in [0.1, 0.15) is 45.5 Å². The first kappa shape index (κ1) is 25.8. The average Bonchev–Trinajstić information content (AvgIpc) is 3.43. The maximum absolute atomic E-state index is 13.3. The van der Waals surface area contributed by atoms with Gasteiger partial charge in [0, 0.05) is 34.3 Å². The highest BCUT2D eigenvalue weighted by atomic mass is 35.5. The number of hydrogen-bond acceptors (Lipinski definition) is 6. The second-order valence-corrected chi connectivity index (χ2v) is 11.3. The number of carbonyl (C=O) groups excluding carboxylic acids is 2. The van der Waals surface area contributed by atoms with Crippen LogP contribution >= 0.6 is 11.6 Å². The van der Waals surface area contributed by atoms with E-state index in [9.17, 15) is 22.4 Å². The number of aromatic nitrogens is 3. The molecule has 190 valence electrons. The Morgan fingerprint density at radius 2 is 1.92 bits per heavy atom. The number of ketones is 1. The van der Waals surface area contributed by atoms with Gasteiger partial charge in [-0.15, -0.1) is 0 Å². The number of Topliss-reactive ketones (excluding diaryl/α,β-unsaturated/α-hetero) is 1. The van der Waals surface area contributed by atoms with Gasteiger partial charge in [0.1, 0.15) is 11.0 Å². The van der Waals surface area contributed by atoms with Crippen LogP contribution in [0.15, 0.2) is 36.4 Å². The molecule has 4 rings (SSSR count). The van der Waals surface area contributed by atoms with Crippen molar-refractivity contribution >= 4 is 39.3 Å². The molecule has 0 unspecified atom stereocenters. The minimum atomic E-state index is -3.11. The fraction of sp³-hybridized carbons (Fsp3) is 0.320. The van der Waals surface area contributed by atoms with Crippen LogP contribution in [0.5, 0.6) is 0 Å². The monoisotopic (exact) mass is 533 g/mol. The van der Waals surface area contributed by atoms with Gasteiger partial charge in [-0.05, 0) is 63.6 Å². The maximum Gasteiger partial charge on any atom is 0.331 e. The molecular weight excluding hydrogens is 509 g/mol. The summed E-state index contributed by atoms with van der Waals surface area (Å²) in [6.07, 6.45) is 3.02. The molecule has 1 saturated heterocycles. The lowest BCUT2D eigenvalue weighted by Crippen LogP contribution is -2.13. The van der Waals surface area contributed by atoms with Crippen molar-refractivity contribution < 1.29 is 27.1 Å². The van der Waals surface area contributed by atoms with Gasteiger partial charge in [0.05, 0.1) is 23.2 Å². The minimum absolute atomic E-state index is 0.0249. The van der Waals surface area contributed by atoms with Gasteiger partial charge in [-0.2, -0.15) is 5.10 Å². The summed E-state index contributed by atoms with van der Waals surface area (Å²) < 4.78 is 45.3. The molecule has 36 heavy (non-hydrogen) atoms. The standard InChI is InChI=1S/C25H25ClFN3O5S/c1-15-12-22(17(3)29(15)19-6-4-18(27)5-7-19)23(31)13-35-24(32)9-8-21-16(2)28-30(25(21)26)20-10-11-36(33,34)14-20/h4-9,12,20H,10-11,13-14H2,1-3H3/b9-8+/t20-/m0/s1. The van der Waals surface area contributed by atoms with E-state index in [1.807, 2.05) is 11.5 Å². The summed E-state index contributed by atoms with van der Waals surface area (Å²) in [7, 11) is -3.11. The average molecular weight is 534 g/mol. The molecule has 1 fully saturated rings. The Morgan fingerprint density at radius 3 is 2.56 bits per heavy atom. The number of sulfone groups is 1. The topological polar surface area (TPSA) is 100 Å². The number of carbonyl (C=O) groups is 2. The number of rotatable bonds is 7. The van der Waals surface area contributed by atoms with E-state index in [-0.39, 0.29) is 34.3 Å². The minimum Gasteiger partial charge on any atom is -0.454 e. The summed E-state index contributed by atoms with van der Waals surface area (Å²) >= 11 is 6.41. The van der Waals surface area contributed by atoms with E-state index in [0.717, 1.165) is 11.8 Å². The van der Waals surface area contributed by atoms with Crippen LogP contribution in [0.25, 0.3) is 11.8 Å². The molecule has 1 aliphatic heterocycles. The van der Waals surface area contributed by atoms with Crippen molar-refractivity contribution in [2.24, 2.45) is 0 Å². The van der Waals surface area contributed by atoms with Crippen molar-refractivity contribution in [1.82, 2.24) is 14.3 Å². The molecule has 0 saturated carbocycles. The quantitative estimate of drug-likeness (QED) is 0.256. The van der Waals surface area contributed by atoms with E-state index in [4.69, 9.17) is 16.3 Å². The van der Waals surface area contributed by atoms with E-state index < -0.39 is 22.4 Å². The van der Waals surface area contributed by atoms with Crippen molar-refractivity contribution in [3.05, 3.63) is 75.6 Å². The number of esters is 1. The Balaban J connectivity index is 1.42. The predicted molar refractivity (Wildman–Crippen MR) is 134 cm³/mol. The van der Waals surface area contributed by atoms with Crippen molar-refractivity contribution in [3.8, 4) is 5.69 Å². The first-order chi connectivity index (χ1) is 17.0. The van der Waals surface area contributed by atoms with Gasteiger partial charge in [0.2, 0.25) is 5.78 Å². The van der Waals surface area contributed by atoms with Crippen LogP contribution < -0.4 is 0 Å². The molecule has 3 aromatic rings. The molecule has 1 aliphatic rings. The molecule has 0 aliphatic carbocycles. The van der Waals surface area contributed by atoms with Crippen LogP contribution in [0.2, 0.25) is 5.15 Å². The predicted octanol–water partition coefficient (Wildman–Crippen LogP) is 4.19. The Hall–Kier alpha value is -3.24. The normalized spacial score (nSPS) is 17.1.